The van der Waals surface area contributed by atoms with Crippen LogP contribution < -0.4 is 5.32 Å². The van der Waals surface area contributed by atoms with Crippen molar-refractivity contribution in [1.82, 2.24) is 5.32 Å². The van der Waals surface area contributed by atoms with E-state index >= 15 is 0 Å². The van der Waals surface area contributed by atoms with Crippen molar-refractivity contribution in [3.63, 3.8) is 0 Å². The molecule has 0 aromatic heterocycles. The van der Waals surface area contributed by atoms with E-state index in [2.05, 4.69) is 5.32 Å². The monoisotopic (exact) mass is 311 g/mol. The van der Waals surface area contributed by atoms with Crippen LogP contribution in [0.1, 0.15) is 17.5 Å². The summed E-state index contributed by atoms with van der Waals surface area (Å²) in [4.78, 5) is 32.9. The van der Waals surface area contributed by atoms with Gasteiger partial charge in [-0.1, -0.05) is 29.8 Å². The van der Waals surface area contributed by atoms with Crippen molar-refractivity contribution in [3.05, 3.63) is 35.4 Å². The third-order valence-corrected chi connectivity index (χ3v) is 3.64. The molecule has 0 aliphatic carbocycles. The predicted molar refractivity (Wildman–Crippen MR) is 79.2 cm³/mol. The molecule has 0 spiro atoms. The van der Waals surface area contributed by atoms with E-state index in [0.717, 1.165) is 11.1 Å². The number of benzene rings is 1. The molecule has 0 saturated carbocycles. The Balaban J connectivity index is 2.37. The van der Waals surface area contributed by atoms with E-state index in [9.17, 15) is 14.4 Å². The fraction of sp³-hybridized carbons (Fsp3) is 0.357. The maximum absolute atomic E-state index is 11.6. The van der Waals surface area contributed by atoms with Crippen LogP contribution in [0.4, 0.5) is 0 Å². The number of carboxylic acids is 2. The topological polar surface area (TPSA) is 104 Å². The maximum Gasteiger partial charge on any atom is 0.326 e. The summed E-state index contributed by atoms with van der Waals surface area (Å²) in [7, 11) is 0. The highest BCUT2D eigenvalue weighted by atomic mass is 32.2. The highest BCUT2D eigenvalue weighted by molar-refractivity contribution is 7.99. The number of aryl methyl sites for hydroxylation is 1. The summed E-state index contributed by atoms with van der Waals surface area (Å²) in [6.07, 6.45) is -0.635. The van der Waals surface area contributed by atoms with Crippen molar-refractivity contribution in [2.75, 3.05) is 5.75 Å². The van der Waals surface area contributed by atoms with E-state index < -0.39 is 30.3 Å². The average Bonchev–Trinajstić information content (AvgIpc) is 2.39. The molecule has 0 saturated heterocycles. The molecule has 1 rings (SSSR count). The number of carbonyl (C=O) groups excluding carboxylic acids is 1. The van der Waals surface area contributed by atoms with Crippen LogP contribution in [0.3, 0.4) is 0 Å². The third kappa shape index (κ3) is 6.80. The van der Waals surface area contributed by atoms with Crippen molar-refractivity contribution in [3.8, 4) is 0 Å². The van der Waals surface area contributed by atoms with Gasteiger partial charge in [-0.2, -0.15) is 0 Å². The fourth-order valence-corrected chi connectivity index (χ4v) is 2.36. The maximum atomic E-state index is 11.6. The summed E-state index contributed by atoms with van der Waals surface area (Å²) in [6, 6.07) is 6.48. The Morgan fingerprint density at radius 1 is 1.19 bits per heavy atom. The van der Waals surface area contributed by atoms with Gasteiger partial charge in [0.25, 0.3) is 0 Å². The highest BCUT2D eigenvalue weighted by Gasteiger charge is 2.22. The molecule has 1 amide bonds. The lowest BCUT2D eigenvalue weighted by atomic mass is 10.2. The lowest BCUT2D eigenvalue weighted by molar-refractivity contribution is -0.147. The van der Waals surface area contributed by atoms with Gasteiger partial charge in [-0.25, -0.2) is 4.79 Å². The number of rotatable bonds is 8. The molecule has 3 N–H and O–H groups in total. The molecule has 114 valence electrons. The molecule has 0 bridgehead atoms. The number of carbonyl (C=O) groups is 3. The van der Waals surface area contributed by atoms with Crippen LogP contribution in [-0.4, -0.2) is 39.9 Å². The minimum Gasteiger partial charge on any atom is -0.481 e. The third-order valence-electron chi connectivity index (χ3n) is 2.63. The number of aliphatic carboxylic acids is 2. The van der Waals surface area contributed by atoms with E-state index in [1.54, 1.807) is 0 Å². The molecule has 0 radical (unpaired) electrons. The van der Waals surface area contributed by atoms with Crippen LogP contribution in [0.2, 0.25) is 0 Å². The second kappa shape index (κ2) is 8.31. The smallest absolute Gasteiger partial charge is 0.326 e. The van der Waals surface area contributed by atoms with Gasteiger partial charge >= 0.3 is 11.9 Å². The Labute approximate surface area is 126 Å². The zero-order valence-electron chi connectivity index (χ0n) is 11.5. The summed E-state index contributed by atoms with van der Waals surface area (Å²) in [6.45, 7) is 1.98. The van der Waals surface area contributed by atoms with Gasteiger partial charge in [0, 0.05) is 5.75 Å². The number of hydrogen-bond acceptors (Lipinski definition) is 4. The van der Waals surface area contributed by atoms with Gasteiger partial charge in [0.15, 0.2) is 0 Å². The number of amides is 1. The van der Waals surface area contributed by atoms with E-state index in [4.69, 9.17) is 10.2 Å². The lowest BCUT2D eigenvalue weighted by Crippen LogP contribution is -2.43. The molecule has 1 aromatic carbocycles. The largest absolute Gasteiger partial charge is 0.481 e. The number of hydrogen-bond donors (Lipinski definition) is 3. The van der Waals surface area contributed by atoms with Crippen LogP contribution >= 0.6 is 11.8 Å². The predicted octanol–water partition coefficient (Wildman–Crippen LogP) is 1.27. The minimum atomic E-state index is -1.39. The Kier molecular flexibility index (Phi) is 6.74. The number of nitrogens with one attached hydrogen (secondary N) is 1. The Bertz CT molecular complexity index is 515. The molecule has 6 nitrogen and oxygen atoms in total. The highest BCUT2D eigenvalue weighted by Crippen LogP contribution is 2.12. The average molecular weight is 311 g/mol. The van der Waals surface area contributed by atoms with E-state index in [0.29, 0.717) is 5.75 Å². The second-order valence-electron chi connectivity index (χ2n) is 4.53. The van der Waals surface area contributed by atoms with Crippen molar-refractivity contribution in [1.29, 1.82) is 0 Å². The summed E-state index contributed by atoms with van der Waals surface area (Å²) < 4.78 is 0. The minimum absolute atomic E-state index is 0.0806. The van der Waals surface area contributed by atoms with Crippen LogP contribution in [0.15, 0.2) is 24.3 Å². The van der Waals surface area contributed by atoms with Crippen LogP contribution in [0.5, 0.6) is 0 Å². The molecule has 21 heavy (non-hydrogen) atoms. The SMILES string of the molecule is Cc1ccc(CSCC(=O)N[C@H](CC(=O)O)C(=O)O)cc1. The van der Waals surface area contributed by atoms with Crippen molar-refractivity contribution in [2.24, 2.45) is 0 Å². The molecular weight excluding hydrogens is 294 g/mol. The van der Waals surface area contributed by atoms with Crippen LogP contribution in [0, 0.1) is 6.92 Å². The first kappa shape index (κ1) is 17.0. The number of carboxylic acid groups (broad SMARTS) is 2. The first-order chi connectivity index (χ1) is 9.88. The summed E-state index contributed by atoms with van der Waals surface area (Å²) in [5.74, 6) is -2.40. The first-order valence-corrected chi connectivity index (χ1v) is 7.41. The standard InChI is InChI=1S/C14H17NO5S/c1-9-2-4-10(5-3-9)7-21-8-12(16)15-11(14(19)20)6-13(17)18/h2-5,11H,6-8H2,1H3,(H,15,16)(H,17,18)(H,19,20)/t11-/m1/s1. The normalized spacial score (nSPS) is 11.7. The molecule has 1 atom stereocenters. The Hall–Kier alpha value is -2.02. The van der Waals surface area contributed by atoms with Crippen LogP contribution in [-0.2, 0) is 20.1 Å². The van der Waals surface area contributed by atoms with Crippen molar-refractivity contribution >= 4 is 29.6 Å². The van der Waals surface area contributed by atoms with E-state index in [1.807, 2.05) is 31.2 Å². The Morgan fingerprint density at radius 3 is 2.33 bits per heavy atom. The molecule has 0 aliphatic heterocycles. The lowest BCUT2D eigenvalue weighted by Gasteiger charge is -2.12. The van der Waals surface area contributed by atoms with Gasteiger partial charge in [-0.15, -0.1) is 11.8 Å². The van der Waals surface area contributed by atoms with Gasteiger partial charge in [0.05, 0.1) is 12.2 Å². The zero-order valence-corrected chi connectivity index (χ0v) is 12.4. The van der Waals surface area contributed by atoms with Gasteiger partial charge in [-0.05, 0) is 12.5 Å². The number of thioether (sulfide) groups is 1. The van der Waals surface area contributed by atoms with Gasteiger partial charge in [0.1, 0.15) is 6.04 Å². The molecule has 7 heteroatoms. The summed E-state index contributed by atoms with van der Waals surface area (Å²) in [5.41, 5.74) is 2.22. The molecule has 0 unspecified atom stereocenters. The second-order valence-corrected chi connectivity index (χ2v) is 5.52. The van der Waals surface area contributed by atoms with Crippen molar-refractivity contribution in [2.45, 2.75) is 25.1 Å². The van der Waals surface area contributed by atoms with Crippen molar-refractivity contribution < 1.29 is 24.6 Å². The molecule has 0 heterocycles. The summed E-state index contributed by atoms with van der Waals surface area (Å²) in [5, 5.41) is 19.6. The summed E-state index contributed by atoms with van der Waals surface area (Å²) >= 11 is 1.34. The first-order valence-electron chi connectivity index (χ1n) is 6.25. The Morgan fingerprint density at radius 2 is 1.81 bits per heavy atom. The van der Waals surface area contributed by atoms with Gasteiger partial charge in [0.2, 0.25) is 5.91 Å². The van der Waals surface area contributed by atoms with Crippen LogP contribution in [0.25, 0.3) is 0 Å². The van der Waals surface area contributed by atoms with Gasteiger partial charge < -0.3 is 15.5 Å². The van der Waals surface area contributed by atoms with E-state index in [1.165, 1.54) is 11.8 Å². The van der Waals surface area contributed by atoms with Gasteiger partial charge in [-0.3, -0.25) is 9.59 Å². The fourth-order valence-electron chi connectivity index (χ4n) is 1.56. The molecule has 0 aliphatic rings. The molecule has 0 fully saturated rings. The molecular formula is C14H17NO5S. The van der Waals surface area contributed by atoms with E-state index in [-0.39, 0.29) is 5.75 Å². The molecule has 1 aromatic rings. The quantitative estimate of drug-likeness (QED) is 0.668. The zero-order chi connectivity index (χ0) is 15.8.